The maximum absolute atomic E-state index is 13.8. The standard InChI is InChI=1S/C21H20F3N3O3S/c1-13-5-4-6-17-20(13)27(10-9-26(17)3)31(28,29)19-12-15(18-11-14(2)25-30-18)7-8-16(19)21(22,23)24/h4-8,11-12H,9-10H2,1-3H3. The van der Waals surface area contributed by atoms with Crippen molar-refractivity contribution in [1.82, 2.24) is 5.16 Å². The summed E-state index contributed by atoms with van der Waals surface area (Å²) in [6.07, 6.45) is -4.85. The Hall–Kier alpha value is -3.01. The molecule has 0 amide bonds. The molecule has 0 saturated carbocycles. The minimum Gasteiger partial charge on any atom is -0.371 e. The van der Waals surface area contributed by atoms with Gasteiger partial charge in [0.2, 0.25) is 0 Å². The summed E-state index contributed by atoms with van der Waals surface area (Å²) < 4.78 is 74.8. The van der Waals surface area contributed by atoms with Crippen molar-refractivity contribution in [3.05, 3.63) is 59.3 Å². The number of likely N-dealkylation sites (N-methyl/N-ethyl adjacent to an activating group) is 1. The highest BCUT2D eigenvalue weighted by atomic mass is 32.2. The third-order valence-corrected chi connectivity index (χ3v) is 7.12. The molecule has 164 valence electrons. The van der Waals surface area contributed by atoms with Gasteiger partial charge in [0.25, 0.3) is 10.0 Å². The van der Waals surface area contributed by atoms with Crippen LogP contribution in [0, 0.1) is 13.8 Å². The van der Waals surface area contributed by atoms with E-state index >= 15 is 0 Å². The molecule has 2 heterocycles. The molecule has 1 aliphatic rings. The second-order valence-electron chi connectivity index (χ2n) is 7.48. The van der Waals surface area contributed by atoms with Gasteiger partial charge in [-0.25, -0.2) is 8.42 Å². The van der Waals surface area contributed by atoms with Gasteiger partial charge in [0.05, 0.1) is 29.2 Å². The van der Waals surface area contributed by atoms with Crippen LogP contribution in [0.2, 0.25) is 0 Å². The Balaban J connectivity index is 1.93. The summed E-state index contributed by atoms with van der Waals surface area (Å²) in [5, 5.41) is 3.73. The Morgan fingerprint density at radius 3 is 2.45 bits per heavy atom. The average Bonchev–Trinajstić information content (AvgIpc) is 3.14. The van der Waals surface area contributed by atoms with E-state index in [0.717, 1.165) is 16.4 Å². The maximum atomic E-state index is 13.8. The Morgan fingerprint density at radius 1 is 1.06 bits per heavy atom. The molecule has 2 aromatic carbocycles. The lowest BCUT2D eigenvalue weighted by molar-refractivity contribution is -0.139. The van der Waals surface area contributed by atoms with Gasteiger partial charge in [-0.1, -0.05) is 23.4 Å². The number of halogens is 3. The number of sulfonamides is 1. The third-order valence-electron chi connectivity index (χ3n) is 5.28. The molecular formula is C21H20F3N3O3S. The Kier molecular flexibility index (Phi) is 5.00. The van der Waals surface area contributed by atoms with E-state index in [0.29, 0.717) is 29.2 Å². The summed E-state index contributed by atoms with van der Waals surface area (Å²) in [7, 11) is -2.72. The Bertz CT molecular complexity index is 1250. The molecule has 10 heteroatoms. The first-order chi connectivity index (χ1) is 14.5. The van der Waals surface area contributed by atoms with Gasteiger partial charge in [0.1, 0.15) is 4.90 Å². The van der Waals surface area contributed by atoms with Crippen molar-refractivity contribution >= 4 is 21.4 Å². The van der Waals surface area contributed by atoms with Crippen LogP contribution in [0.25, 0.3) is 11.3 Å². The number of aryl methyl sites for hydroxylation is 2. The number of fused-ring (bicyclic) bond motifs is 1. The van der Waals surface area contributed by atoms with Gasteiger partial charge < -0.3 is 9.42 Å². The van der Waals surface area contributed by atoms with Crippen LogP contribution >= 0.6 is 0 Å². The Morgan fingerprint density at radius 2 is 1.81 bits per heavy atom. The summed E-state index contributed by atoms with van der Waals surface area (Å²) in [6, 6.07) is 9.78. The summed E-state index contributed by atoms with van der Waals surface area (Å²) in [6.45, 7) is 3.77. The summed E-state index contributed by atoms with van der Waals surface area (Å²) in [5.74, 6) is 0.192. The lowest BCUT2D eigenvalue weighted by Crippen LogP contribution is -2.43. The number of nitrogens with zero attached hydrogens (tertiary/aromatic N) is 3. The number of rotatable bonds is 3. The smallest absolute Gasteiger partial charge is 0.371 e. The molecule has 6 nitrogen and oxygen atoms in total. The van der Waals surface area contributed by atoms with E-state index in [1.54, 1.807) is 32.0 Å². The number of hydrogen-bond acceptors (Lipinski definition) is 5. The van der Waals surface area contributed by atoms with Crippen molar-refractivity contribution in [2.75, 3.05) is 29.3 Å². The molecule has 3 aromatic rings. The van der Waals surface area contributed by atoms with Gasteiger partial charge in [0, 0.05) is 25.2 Å². The molecule has 0 saturated heterocycles. The van der Waals surface area contributed by atoms with E-state index in [4.69, 9.17) is 4.52 Å². The molecule has 0 N–H and O–H groups in total. The predicted molar refractivity (Wildman–Crippen MR) is 111 cm³/mol. The summed E-state index contributed by atoms with van der Waals surface area (Å²) >= 11 is 0. The van der Waals surface area contributed by atoms with Gasteiger partial charge in [-0.2, -0.15) is 13.2 Å². The zero-order valence-electron chi connectivity index (χ0n) is 17.1. The molecule has 0 fully saturated rings. The van der Waals surface area contributed by atoms with Crippen LogP contribution in [0.4, 0.5) is 24.5 Å². The van der Waals surface area contributed by atoms with Gasteiger partial charge in [-0.15, -0.1) is 0 Å². The van der Waals surface area contributed by atoms with Gasteiger partial charge >= 0.3 is 6.18 Å². The monoisotopic (exact) mass is 451 g/mol. The molecular weight excluding hydrogens is 431 g/mol. The zero-order valence-corrected chi connectivity index (χ0v) is 17.9. The third kappa shape index (κ3) is 3.65. The van der Waals surface area contributed by atoms with Gasteiger partial charge in [0.15, 0.2) is 5.76 Å². The fraction of sp³-hybridized carbons (Fsp3) is 0.286. The average molecular weight is 451 g/mol. The number of aromatic nitrogens is 1. The van der Waals surface area contributed by atoms with Crippen LogP contribution in [0.1, 0.15) is 16.8 Å². The fourth-order valence-corrected chi connectivity index (χ4v) is 5.51. The van der Waals surface area contributed by atoms with E-state index in [9.17, 15) is 21.6 Å². The van der Waals surface area contributed by atoms with E-state index in [2.05, 4.69) is 5.16 Å². The second kappa shape index (κ2) is 7.30. The van der Waals surface area contributed by atoms with Crippen molar-refractivity contribution in [3.63, 3.8) is 0 Å². The number of hydrogen-bond donors (Lipinski definition) is 0. The SMILES string of the molecule is Cc1cc(-c2ccc(C(F)(F)F)c(S(=O)(=O)N3CCN(C)c4cccc(C)c43)c2)on1. The summed E-state index contributed by atoms with van der Waals surface area (Å²) in [5.41, 5.74) is 1.19. The lowest BCUT2D eigenvalue weighted by Gasteiger charge is -2.37. The lowest BCUT2D eigenvalue weighted by atomic mass is 10.1. The number of anilines is 2. The van der Waals surface area contributed by atoms with Crippen molar-refractivity contribution in [2.24, 2.45) is 0 Å². The molecule has 4 rings (SSSR count). The molecule has 0 radical (unpaired) electrons. The molecule has 1 aliphatic heterocycles. The van der Waals surface area contributed by atoms with Gasteiger partial charge in [-0.3, -0.25) is 4.31 Å². The largest absolute Gasteiger partial charge is 0.417 e. The molecule has 0 aliphatic carbocycles. The molecule has 0 unspecified atom stereocenters. The van der Waals surface area contributed by atoms with Crippen molar-refractivity contribution in [2.45, 2.75) is 24.9 Å². The summed E-state index contributed by atoms with van der Waals surface area (Å²) in [4.78, 5) is 1.07. The van der Waals surface area contributed by atoms with E-state index in [1.165, 1.54) is 12.1 Å². The molecule has 1 aromatic heterocycles. The molecule has 0 bridgehead atoms. The maximum Gasteiger partial charge on any atom is 0.417 e. The van der Waals surface area contributed by atoms with Crippen LogP contribution in [0.15, 0.2) is 51.9 Å². The molecule has 0 spiro atoms. The van der Waals surface area contributed by atoms with Crippen LogP contribution in [-0.2, 0) is 16.2 Å². The number of para-hydroxylation sites is 1. The normalized spacial score (nSPS) is 14.6. The highest BCUT2D eigenvalue weighted by molar-refractivity contribution is 7.93. The van der Waals surface area contributed by atoms with Crippen LogP contribution in [-0.4, -0.2) is 33.7 Å². The molecule has 31 heavy (non-hydrogen) atoms. The number of alkyl halides is 3. The predicted octanol–water partition coefficient (Wildman–Crippen LogP) is 4.62. The second-order valence-corrected chi connectivity index (χ2v) is 9.31. The van der Waals surface area contributed by atoms with E-state index in [-0.39, 0.29) is 17.9 Å². The topological polar surface area (TPSA) is 66.7 Å². The van der Waals surface area contributed by atoms with Crippen molar-refractivity contribution in [3.8, 4) is 11.3 Å². The first kappa shape index (κ1) is 21.2. The van der Waals surface area contributed by atoms with Crippen LogP contribution < -0.4 is 9.21 Å². The quantitative estimate of drug-likeness (QED) is 0.581. The first-order valence-electron chi connectivity index (χ1n) is 9.48. The van der Waals surface area contributed by atoms with E-state index in [1.807, 2.05) is 11.9 Å². The minimum atomic E-state index is -4.85. The minimum absolute atomic E-state index is 0.0274. The Labute approximate surface area is 177 Å². The fourth-order valence-electron chi connectivity index (χ4n) is 3.73. The number of benzene rings is 2. The van der Waals surface area contributed by atoms with Crippen LogP contribution in [0.3, 0.4) is 0 Å². The highest BCUT2D eigenvalue weighted by Gasteiger charge is 2.41. The molecule has 0 atom stereocenters. The van der Waals surface area contributed by atoms with Crippen LogP contribution in [0.5, 0.6) is 0 Å². The van der Waals surface area contributed by atoms with Gasteiger partial charge in [-0.05, 0) is 37.6 Å². The highest BCUT2D eigenvalue weighted by Crippen LogP contribution is 2.42. The van der Waals surface area contributed by atoms with Crippen molar-refractivity contribution < 1.29 is 26.1 Å². The van der Waals surface area contributed by atoms with Crippen molar-refractivity contribution in [1.29, 1.82) is 0 Å². The first-order valence-corrected chi connectivity index (χ1v) is 10.9. The zero-order chi connectivity index (χ0) is 22.6. The van der Waals surface area contributed by atoms with E-state index < -0.39 is 26.7 Å².